The van der Waals surface area contributed by atoms with E-state index in [-0.39, 0.29) is 17.9 Å². The summed E-state index contributed by atoms with van der Waals surface area (Å²) in [4.78, 5) is 22.2. The highest BCUT2D eigenvalue weighted by Crippen LogP contribution is 2.23. The number of anilines is 4. The van der Waals surface area contributed by atoms with Crippen LogP contribution in [0.1, 0.15) is 54.1 Å². The molecule has 1 aliphatic heterocycles. The monoisotopic (exact) mass is 500 g/mol. The first kappa shape index (κ1) is 24.5. The molecule has 3 heterocycles. The molecule has 2 aromatic heterocycles. The van der Waals surface area contributed by atoms with Crippen molar-refractivity contribution in [2.45, 2.75) is 45.2 Å². The summed E-state index contributed by atoms with van der Waals surface area (Å²) in [5, 5.41) is 14.4. The Balaban J connectivity index is 1.34. The molecule has 1 fully saturated rings. The number of ether oxygens (including phenoxy) is 1. The zero-order valence-corrected chi connectivity index (χ0v) is 21.1. The maximum atomic E-state index is 12.6. The van der Waals surface area contributed by atoms with Crippen molar-refractivity contribution in [2.24, 2.45) is 0 Å². The minimum absolute atomic E-state index is 0.212. The Labute approximate surface area is 215 Å². The average molecular weight is 501 g/mol. The van der Waals surface area contributed by atoms with Crippen molar-refractivity contribution < 1.29 is 9.53 Å². The molecule has 5 N–H and O–H groups in total. The van der Waals surface area contributed by atoms with Crippen LogP contribution in [-0.2, 0) is 11.3 Å². The molecule has 0 unspecified atom stereocenters. The average Bonchev–Trinajstić information content (AvgIpc) is 3.33. The van der Waals surface area contributed by atoms with Crippen LogP contribution in [0.2, 0.25) is 0 Å². The molecule has 10 nitrogen and oxygen atoms in total. The van der Waals surface area contributed by atoms with Crippen molar-refractivity contribution in [1.29, 1.82) is 0 Å². The highest BCUT2D eigenvalue weighted by Gasteiger charge is 2.19. The van der Waals surface area contributed by atoms with Crippen molar-refractivity contribution in [1.82, 2.24) is 19.6 Å². The van der Waals surface area contributed by atoms with E-state index in [1.54, 1.807) is 28.8 Å². The number of nitrogens with zero attached hydrogens (tertiary/aromatic N) is 4. The van der Waals surface area contributed by atoms with Gasteiger partial charge in [-0.3, -0.25) is 4.79 Å². The Hall–Kier alpha value is -4.18. The second-order valence-electron chi connectivity index (χ2n) is 9.53. The third kappa shape index (κ3) is 5.80. The van der Waals surface area contributed by atoms with Gasteiger partial charge in [-0.2, -0.15) is 19.6 Å². The number of hydrogen-bond acceptors (Lipinski definition) is 8. The fourth-order valence-corrected chi connectivity index (χ4v) is 4.33. The number of benzene rings is 2. The van der Waals surface area contributed by atoms with Gasteiger partial charge in [-0.05, 0) is 54.7 Å². The molecule has 5 rings (SSSR count). The zero-order chi connectivity index (χ0) is 25.8. The van der Waals surface area contributed by atoms with E-state index in [1.807, 2.05) is 30.5 Å². The van der Waals surface area contributed by atoms with Crippen molar-refractivity contribution in [3.8, 4) is 0 Å². The number of nitrogens with one attached hydrogen (secondary N) is 3. The molecule has 0 saturated carbocycles. The van der Waals surface area contributed by atoms with Gasteiger partial charge >= 0.3 is 0 Å². The molecule has 1 aliphatic rings. The van der Waals surface area contributed by atoms with Gasteiger partial charge in [0, 0.05) is 48.3 Å². The van der Waals surface area contributed by atoms with E-state index in [9.17, 15) is 4.79 Å². The number of nitrogens with two attached hydrogens (primary N) is 1. The topological polar surface area (TPSA) is 131 Å². The first-order chi connectivity index (χ1) is 18.0. The normalized spacial score (nSPS) is 14.1. The maximum Gasteiger partial charge on any atom is 0.255 e. The van der Waals surface area contributed by atoms with Crippen molar-refractivity contribution in [3.63, 3.8) is 0 Å². The lowest BCUT2D eigenvalue weighted by molar-refractivity contribution is 0.0903. The first-order valence-electron chi connectivity index (χ1n) is 12.6. The third-order valence-corrected chi connectivity index (χ3v) is 6.36. The predicted molar refractivity (Wildman–Crippen MR) is 145 cm³/mol. The van der Waals surface area contributed by atoms with Gasteiger partial charge < -0.3 is 26.4 Å². The smallest absolute Gasteiger partial charge is 0.255 e. The summed E-state index contributed by atoms with van der Waals surface area (Å²) in [6.07, 6.45) is 3.69. The van der Waals surface area contributed by atoms with Gasteiger partial charge in [-0.1, -0.05) is 32.0 Å². The molecule has 37 heavy (non-hydrogen) atoms. The molecule has 0 bridgehead atoms. The largest absolute Gasteiger partial charge is 0.399 e. The molecule has 0 radical (unpaired) electrons. The van der Waals surface area contributed by atoms with Crippen LogP contribution in [0.4, 0.5) is 23.3 Å². The summed E-state index contributed by atoms with van der Waals surface area (Å²) >= 11 is 0. The molecule has 0 aliphatic carbocycles. The summed E-state index contributed by atoms with van der Waals surface area (Å²) in [6, 6.07) is 14.9. The van der Waals surface area contributed by atoms with E-state index in [2.05, 4.69) is 34.9 Å². The van der Waals surface area contributed by atoms with Gasteiger partial charge in [0.1, 0.15) is 0 Å². The van der Waals surface area contributed by atoms with Crippen LogP contribution in [0.3, 0.4) is 0 Å². The quantitative estimate of drug-likeness (QED) is 0.264. The number of carbonyl (C=O) groups is 1. The SMILES string of the molecule is CC(C)c1cnn2c(NCc3cccc(NC(=O)c4cccc(N)c4)c3)nc(NC3CCOCC3)nc12. The molecule has 1 saturated heterocycles. The van der Waals surface area contributed by atoms with Crippen LogP contribution in [-0.4, -0.2) is 44.7 Å². The summed E-state index contributed by atoms with van der Waals surface area (Å²) in [7, 11) is 0. The molecule has 192 valence electrons. The third-order valence-electron chi connectivity index (χ3n) is 6.36. The van der Waals surface area contributed by atoms with E-state index in [4.69, 9.17) is 20.4 Å². The van der Waals surface area contributed by atoms with Gasteiger partial charge in [-0.25, -0.2) is 0 Å². The second kappa shape index (κ2) is 10.8. The number of amides is 1. The van der Waals surface area contributed by atoms with Crippen LogP contribution < -0.4 is 21.7 Å². The molecule has 0 atom stereocenters. The number of nitrogen functional groups attached to an aromatic ring is 1. The standard InChI is InChI=1S/C27H32N8O2/c1-17(2)23-16-30-35-24(23)33-26(32-21-9-11-37-12-10-21)34-27(35)29-15-18-5-3-8-22(13-18)31-25(36)19-6-4-7-20(28)14-19/h3-8,13-14,16-17,21H,9-12,15,28H2,1-2H3,(H,31,36)(H2,29,32,33,34). The molecule has 10 heteroatoms. The lowest BCUT2D eigenvalue weighted by atomic mass is 10.1. The maximum absolute atomic E-state index is 12.6. The molecular formula is C27H32N8O2. The van der Waals surface area contributed by atoms with Gasteiger partial charge in [-0.15, -0.1) is 0 Å². The lowest BCUT2D eigenvalue weighted by Gasteiger charge is -2.23. The molecule has 4 aromatic rings. The second-order valence-corrected chi connectivity index (χ2v) is 9.53. The van der Waals surface area contributed by atoms with Crippen LogP contribution in [0.5, 0.6) is 0 Å². The fraction of sp³-hybridized carbons (Fsp3) is 0.333. The van der Waals surface area contributed by atoms with Crippen LogP contribution in [0, 0.1) is 0 Å². The minimum Gasteiger partial charge on any atom is -0.399 e. The Morgan fingerprint density at radius 1 is 1.14 bits per heavy atom. The molecule has 2 aromatic carbocycles. The number of aromatic nitrogens is 4. The molecule has 1 amide bonds. The predicted octanol–water partition coefficient (Wildman–Crippen LogP) is 4.29. The highest BCUT2D eigenvalue weighted by atomic mass is 16.5. The number of rotatable bonds is 8. The van der Waals surface area contributed by atoms with Gasteiger partial charge in [0.2, 0.25) is 11.9 Å². The van der Waals surface area contributed by atoms with Crippen LogP contribution >= 0.6 is 0 Å². The summed E-state index contributed by atoms with van der Waals surface area (Å²) in [6.45, 7) is 6.21. The lowest BCUT2D eigenvalue weighted by Crippen LogP contribution is -2.29. The highest BCUT2D eigenvalue weighted by molar-refractivity contribution is 6.04. The minimum atomic E-state index is -0.212. The Kier molecular flexibility index (Phi) is 7.18. The van der Waals surface area contributed by atoms with E-state index in [0.717, 1.165) is 42.8 Å². The van der Waals surface area contributed by atoms with Crippen LogP contribution in [0.25, 0.3) is 5.65 Å². The number of carbonyl (C=O) groups excluding carboxylic acids is 1. The Morgan fingerprint density at radius 3 is 2.73 bits per heavy atom. The van der Waals surface area contributed by atoms with Crippen LogP contribution in [0.15, 0.2) is 54.7 Å². The molecular weight excluding hydrogens is 468 g/mol. The zero-order valence-electron chi connectivity index (χ0n) is 21.1. The van der Waals surface area contributed by atoms with E-state index in [1.165, 1.54) is 0 Å². The summed E-state index contributed by atoms with van der Waals surface area (Å²) in [5.41, 5.74) is 10.4. The van der Waals surface area contributed by atoms with E-state index >= 15 is 0 Å². The first-order valence-corrected chi connectivity index (χ1v) is 12.6. The van der Waals surface area contributed by atoms with Gasteiger partial charge in [0.25, 0.3) is 5.91 Å². The Bertz CT molecular complexity index is 1390. The van der Waals surface area contributed by atoms with Crippen molar-refractivity contribution >= 4 is 34.8 Å². The van der Waals surface area contributed by atoms with Crippen molar-refractivity contribution in [3.05, 3.63) is 71.4 Å². The number of fused-ring (bicyclic) bond motifs is 1. The fourth-order valence-electron chi connectivity index (χ4n) is 4.33. The summed E-state index contributed by atoms with van der Waals surface area (Å²) < 4.78 is 7.23. The van der Waals surface area contributed by atoms with Gasteiger partial charge in [0.05, 0.1) is 6.20 Å². The summed E-state index contributed by atoms with van der Waals surface area (Å²) in [5.74, 6) is 1.24. The molecule has 0 spiro atoms. The number of hydrogen-bond donors (Lipinski definition) is 4. The van der Waals surface area contributed by atoms with E-state index < -0.39 is 0 Å². The van der Waals surface area contributed by atoms with Crippen molar-refractivity contribution in [2.75, 3.05) is 34.9 Å². The van der Waals surface area contributed by atoms with Gasteiger partial charge in [0.15, 0.2) is 5.65 Å². The van der Waals surface area contributed by atoms with E-state index in [0.29, 0.717) is 35.4 Å². The Morgan fingerprint density at radius 2 is 1.95 bits per heavy atom.